The number of carbonyl (C=O) groups excluding carboxylic acids is 2. The molecule has 2 amide bonds. The van der Waals surface area contributed by atoms with Crippen molar-refractivity contribution in [2.45, 2.75) is 19.8 Å². The number of hydrogen-bond acceptors (Lipinski definition) is 5. The number of likely N-dealkylation sites (tertiary alicyclic amines) is 1. The molecule has 0 radical (unpaired) electrons. The summed E-state index contributed by atoms with van der Waals surface area (Å²) in [7, 11) is 0. The van der Waals surface area contributed by atoms with Crippen LogP contribution in [-0.4, -0.2) is 49.6 Å². The topological polar surface area (TPSA) is 67.9 Å². The van der Waals surface area contributed by atoms with Crippen LogP contribution in [0.3, 0.4) is 0 Å². The lowest BCUT2D eigenvalue weighted by molar-refractivity contribution is -0.126. The highest BCUT2D eigenvalue weighted by molar-refractivity contribution is 7.17. The number of hydrogen-bond donors (Lipinski definition) is 1. The summed E-state index contributed by atoms with van der Waals surface area (Å²) in [5, 5.41) is 2.87. The maximum Gasteiger partial charge on any atom is 0.263 e. The van der Waals surface area contributed by atoms with Crippen LogP contribution in [0.4, 0.5) is 0 Å². The molecule has 28 heavy (non-hydrogen) atoms. The van der Waals surface area contributed by atoms with E-state index in [4.69, 9.17) is 9.47 Å². The summed E-state index contributed by atoms with van der Waals surface area (Å²) < 4.78 is 11.2. The van der Waals surface area contributed by atoms with Gasteiger partial charge in [0, 0.05) is 30.4 Å². The molecular formula is C21H24N2O4S. The first-order valence-electron chi connectivity index (χ1n) is 9.72. The second-order valence-electron chi connectivity index (χ2n) is 6.98. The smallest absolute Gasteiger partial charge is 0.263 e. The van der Waals surface area contributed by atoms with Gasteiger partial charge in [-0.2, -0.15) is 0 Å². The number of ether oxygens (including phenoxy) is 2. The molecule has 1 aromatic heterocycles. The molecular weight excluding hydrogens is 376 g/mol. The molecule has 2 aromatic rings. The van der Waals surface area contributed by atoms with Crippen LogP contribution in [0.5, 0.6) is 11.5 Å². The molecule has 3 heterocycles. The van der Waals surface area contributed by atoms with E-state index in [2.05, 4.69) is 5.32 Å². The van der Waals surface area contributed by atoms with E-state index in [9.17, 15) is 9.59 Å². The molecule has 4 rings (SSSR count). The molecule has 7 heteroatoms. The van der Waals surface area contributed by atoms with E-state index in [1.165, 1.54) is 11.3 Å². The van der Waals surface area contributed by atoms with Gasteiger partial charge in [0.25, 0.3) is 5.91 Å². The van der Waals surface area contributed by atoms with Gasteiger partial charge in [-0.3, -0.25) is 9.59 Å². The predicted octanol–water partition coefficient (Wildman–Crippen LogP) is 3.17. The van der Waals surface area contributed by atoms with E-state index in [-0.39, 0.29) is 17.7 Å². The Morgan fingerprint density at radius 3 is 2.61 bits per heavy atom. The van der Waals surface area contributed by atoms with E-state index >= 15 is 0 Å². The molecule has 148 valence electrons. The third-order valence-electron chi connectivity index (χ3n) is 5.15. The second-order valence-corrected chi connectivity index (χ2v) is 8.07. The molecule has 1 N–H and O–H groups in total. The summed E-state index contributed by atoms with van der Waals surface area (Å²) >= 11 is 1.49. The molecule has 2 aliphatic rings. The average Bonchev–Trinajstić information content (AvgIpc) is 3.23. The molecule has 1 saturated heterocycles. The zero-order chi connectivity index (χ0) is 19.5. The maximum atomic E-state index is 12.9. The van der Waals surface area contributed by atoms with Crippen molar-refractivity contribution in [3.8, 4) is 21.9 Å². The van der Waals surface area contributed by atoms with Crippen LogP contribution in [0.25, 0.3) is 10.4 Å². The lowest BCUT2D eigenvalue weighted by atomic mass is 9.96. The van der Waals surface area contributed by atoms with Gasteiger partial charge >= 0.3 is 0 Å². The third kappa shape index (κ3) is 3.85. The van der Waals surface area contributed by atoms with Crippen LogP contribution in [0.15, 0.2) is 30.3 Å². The standard InChI is InChI=1S/C21H24N2O4S/c1-2-22-20(24)14-7-9-23(10-8-14)21(25)19-6-5-18(28-19)15-3-4-16-17(13-15)27-12-11-26-16/h3-6,13-14H,2,7-12H2,1H3,(H,22,24). The SMILES string of the molecule is CCNC(=O)C1CCN(C(=O)c2ccc(-c3ccc4c(c3)OCCO4)s2)CC1. The van der Waals surface area contributed by atoms with Crippen LogP contribution in [0.1, 0.15) is 29.4 Å². The Hall–Kier alpha value is -2.54. The van der Waals surface area contributed by atoms with Crippen LogP contribution in [0.2, 0.25) is 0 Å². The molecule has 0 spiro atoms. The van der Waals surface area contributed by atoms with Crippen LogP contribution in [-0.2, 0) is 4.79 Å². The Labute approximate surface area is 168 Å². The van der Waals surface area contributed by atoms with Crippen LogP contribution in [0, 0.1) is 5.92 Å². The first-order valence-corrected chi connectivity index (χ1v) is 10.5. The summed E-state index contributed by atoms with van der Waals surface area (Å²) in [5.41, 5.74) is 1.02. The fourth-order valence-electron chi connectivity index (χ4n) is 3.62. The van der Waals surface area contributed by atoms with E-state index in [0.29, 0.717) is 32.8 Å². The van der Waals surface area contributed by atoms with Crippen molar-refractivity contribution < 1.29 is 19.1 Å². The summed E-state index contributed by atoms with van der Waals surface area (Å²) in [6.45, 7) is 4.94. The summed E-state index contributed by atoms with van der Waals surface area (Å²) in [4.78, 5) is 28.5. The van der Waals surface area contributed by atoms with Gasteiger partial charge in [-0.15, -0.1) is 11.3 Å². The van der Waals surface area contributed by atoms with Gasteiger partial charge in [-0.05, 0) is 55.7 Å². The molecule has 0 bridgehead atoms. The monoisotopic (exact) mass is 400 g/mol. The van der Waals surface area contributed by atoms with Crippen LogP contribution < -0.4 is 14.8 Å². The summed E-state index contributed by atoms with van der Waals surface area (Å²) in [5.74, 6) is 1.67. The van der Waals surface area contributed by atoms with Crippen molar-refractivity contribution in [3.63, 3.8) is 0 Å². The van der Waals surface area contributed by atoms with Gasteiger partial charge in [-0.25, -0.2) is 0 Å². The highest BCUT2D eigenvalue weighted by Gasteiger charge is 2.28. The fraction of sp³-hybridized carbons (Fsp3) is 0.429. The molecule has 2 aliphatic heterocycles. The van der Waals surface area contributed by atoms with E-state index in [1.54, 1.807) is 0 Å². The Bertz CT molecular complexity index is 871. The molecule has 6 nitrogen and oxygen atoms in total. The summed E-state index contributed by atoms with van der Waals surface area (Å²) in [6.07, 6.45) is 1.44. The first-order chi connectivity index (χ1) is 13.7. The van der Waals surface area contributed by atoms with Crippen LogP contribution >= 0.6 is 11.3 Å². The Kier molecular flexibility index (Phi) is 5.52. The highest BCUT2D eigenvalue weighted by Crippen LogP contribution is 2.37. The number of fused-ring (bicyclic) bond motifs is 1. The quantitative estimate of drug-likeness (QED) is 0.856. The number of nitrogens with one attached hydrogen (secondary N) is 1. The lowest BCUT2D eigenvalue weighted by Gasteiger charge is -2.31. The molecule has 1 fully saturated rings. The van der Waals surface area contributed by atoms with Gasteiger partial charge in [0.2, 0.25) is 5.91 Å². The number of piperidine rings is 1. The van der Waals surface area contributed by atoms with E-state index < -0.39 is 0 Å². The van der Waals surface area contributed by atoms with Gasteiger partial charge in [0.05, 0.1) is 4.88 Å². The first kappa shape index (κ1) is 18.8. The summed E-state index contributed by atoms with van der Waals surface area (Å²) in [6, 6.07) is 9.73. The van der Waals surface area contributed by atoms with E-state index in [0.717, 1.165) is 39.7 Å². The minimum atomic E-state index is 0.0145. The Morgan fingerprint density at radius 1 is 1.11 bits per heavy atom. The van der Waals surface area contributed by atoms with Gasteiger partial charge in [0.1, 0.15) is 13.2 Å². The van der Waals surface area contributed by atoms with Gasteiger partial charge in [-0.1, -0.05) is 0 Å². The number of rotatable bonds is 4. The van der Waals surface area contributed by atoms with Crippen molar-refractivity contribution in [1.82, 2.24) is 10.2 Å². The minimum absolute atomic E-state index is 0.0145. The average molecular weight is 401 g/mol. The number of thiophene rings is 1. The van der Waals surface area contributed by atoms with Crippen molar-refractivity contribution in [1.29, 1.82) is 0 Å². The Morgan fingerprint density at radius 2 is 1.86 bits per heavy atom. The van der Waals surface area contributed by atoms with Crippen molar-refractivity contribution in [3.05, 3.63) is 35.2 Å². The zero-order valence-corrected chi connectivity index (χ0v) is 16.7. The predicted molar refractivity (Wildman–Crippen MR) is 108 cm³/mol. The third-order valence-corrected chi connectivity index (χ3v) is 6.27. The normalized spacial score (nSPS) is 16.7. The Balaban J connectivity index is 1.42. The largest absolute Gasteiger partial charge is 0.486 e. The lowest BCUT2D eigenvalue weighted by Crippen LogP contribution is -2.42. The maximum absolute atomic E-state index is 12.9. The molecule has 0 unspecified atom stereocenters. The van der Waals surface area contributed by atoms with Crippen molar-refractivity contribution >= 4 is 23.2 Å². The van der Waals surface area contributed by atoms with Gasteiger partial charge < -0.3 is 19.7 Å². The van der Waals surface area contributed by atoms with Crippen molar-refractivity contribution in [2.24, 2.45) is 5.92 Å². The number of amides is 2. The molecule has 0 aliphatic carbocycles. The van der Waals surface area contributed by atoms with E-state index in [1.807, 2.05) is 42.2 Å². The molecule has 0 atom stereocenters. The van der Waals surface area contributed by atoms with Gasteiger partial charge in [0.15, 0.2) is 11.5 Å². The fourth-order valence-corrected chi connectivity index (χ4v) is 4.59. The number of benzene rings is 1. The molecule has 1 aromatic carbocycles. The second kappa shape index (κ2) is 8.22. The number of nitrogens with zero attached hydrogens (tertiary/aromatic N) is 1. The number of carbonyl (C=O) groups is 2. The highest BCUT2D eigenvalue weighted by atomic mass is 32.1. The zero-order valence-electron chi connectivity index (χ0n) is 15.9. The minimum Gasteiger partial charge on any atom is -0.486 e. The van der Waals surface area contributed by atoms with Crippen molar-refractivity contribution in [2.75, 3.05) is 32.8 Å². The molecule has 0 saturated carbocycles.